The molecule has 1 aromatic carbocycles. The summed E-state index contributed by atoms with van der Waals surface area (Å²) in [6.07, 6.45) is 1.68. The van der Waals surface area contributed by atoms with Gasteiger partial charge in [-0.15, -0.1) is 0 Å². The number of anilines is 1. The van der Waals surface area contributed by atoms with Crippen LogP contribution in [0.15, 0.2) is 34.9 Å². The summed E-state index contributed by atoms with van der Waals surface area (Å²) in [5.41, 5.74) is 1.70. The Morgan fingerprint density at radius 1 is 1.40 bits per heavy atom. The van der Waals surface area contributed by atoms with E-state index in [4.69, 9.17) is 0 Å². The molecule has 0 spiro atoms. The maximum absolute atomic E-state index is 13.1. The highest BCUT2D eigenvalue weighted by Crippen LogP contribution is 2.19. The zero-order valence-electron chi connectivity index (χ0n) is 7.80. The Hall–Kier alpha value is -1.36. The van der Waals surface area contributed by atoms with Crippen molar-refractivity contribution >= 4 is 21.6 Å². The quantitative estimate of drug-likeness (QED) is 0.900. The number of hydrogen-bond donors (Lipinski definition) is 2. The van der Waals surface area contributed by atoms with Gasteiger partial charge in [0.2, 0.25) is 0 Å². The summed E-state index contributed by atoms with van der Waals surface area (Å²) in [6, 6.07) is 6.79. The Kier molecular flexibility index (Phi) is 3.01. The number of rotatable bonds is 3. The molecule has 2 rings (SSSR count). The number of nitrogens with zero attached hydrogens (tertiary/aromatic N) is 1. The third kappa shape index (κ3) is 2.56. The molecule has 0 unspecified atom stereocenters. The van der Waals surface area contributed by atoms with Crippen molar-refractivity contribution in [1.29, 1.82) is 0 Å². The molecule has 0 saturated heterocycles. The number of aromatic nitrogens is 2. The highest BCUT2D eigenvalue weighted by molar-refractivity contribution is 9.10. The standard InChI is InChI=1S/C10H9BrFN3/c11-9-2-1-7(5-10(9)12)13-6-8-3-4-14-15-8/h1-5,13H,6H2,(H,14,15). The SMILES string of the molecule is Fc1cc(NCc2ccn[nH]2)ccc1Br. The van der Waals surface area contributed by atoms with Crippen molar-refractivity contribution in [1.82, 2.24) is 10.2 Å². The van der Waals surface area contributed by atoms with E-state index in [1.165, 1.54) is 6.07 Å². The average molecular weight is 270 g/mol. The van der Waals surface area contributed by atoms with Gasteiger partial charge in [-0.25, -0.2) is 4.39 Å². The number of nitrogens with one attached hydrogen (secondary N) is 2. The zero-order chi connectivity index (χ0) is 10.7. The number of H-pyrrole nitrogens is 1. The van der Waals surface area contributed by atoms with Gasteiger partial charge < -0.3 is 5.32 Å². The average Bonchev–Trinajstić information content (AvgIpc) is 2.73. The van der Waals surface area contributed by atoms with E-state index < -0.39 is 0 Å². The van der Waals surface area contributed by atoms with Crippen LogP contribution in [0.5, 0.6) is 0 Å². The number of benzene rings is 1. The van der Waals surface area contributed by atoms with Crippen LogP contribution in [-0.2, 0) is 6.54 Å². The van der Waals surface area contributed by atoms with Crippen LogP contribution in [0.1, 0.15) is 5.69 Å². The second kappa shape index (κ2) is 4.44. The minimum absolute atomic E-state index is 0.274. The monoisotopic (exact) mass is 269 g/mol. The minimum Gasteiger partial charge on any atom is -0.379 e. The lowest BCUT2D eigenvalue weighted by molar-refractivity contribution is 0.621. The highest BCUT2D eigenvalue weighted by atomic mass is 79.9. The number of hydrogen-bond acceptors (Lipinski definition) is 2. The van der Waals surface area contributed by atoms with Gasteiger partial charge in [-0.2, -0.15) is 5.10 Å². The van der Waals surface area contributed by atoms with Crippen LogP contribution in [0.25, 0.3) is 0 Å². The zero-order valence-corrected chi connectivity index (χ0v) is 9.38. The first-order valence-electron chi connectivity index (χ1n) is 4.43. The van der Waals surface area contributed by atoms with E-state index >= 15 is 0 Å². The van der Waals surface area contributed by atoms with Crippen LogP contribution >= 0.6 is 15.9 Å². The first kappa shape index (κ1) is 10.2. The largest absolute Gasteiger partial charge is 0.379 e. The molecule has 15 heavy (non-hydrogen) atoms. The summed E-state index contributed by atoms with van der Waals surface area (Å²) in [4.78, 5) is 0. The second-order valence-electron chi connectivity index (χ2n) is 3.06. The van der Waals surface area contributed by atoms with E-state index in [-0.39, 0.29) is 5.82 Å². The second-order valence-corrected chi connectivity index (χ2v) is 3.92. The predicted octanol–water partition coefficient (Wildman–Crippen LogP) is 2.92. The van der Waals surface area contributed by atoms with Gasteiger partial charge in [-0.05, 0) is 40.2 Å². The molecule has 0 aliphatic rings. The fraction of sp³-hybridized carbons (Fsp3) is 0.100. The molecule has 2 N–H and O–H groups in total. The molecule has 5 heteroatoms. The van der Waals surface area contributed by atoms with Crippen molar-refractivity contribution in [2.45, 2.75) is 6.54 Å². The molecular weight excluding hydrogens is 261 g/mol. The van der Waals surface area contributed by atoms with Crippen molar-refractivity contribution in [3.63, 3.8) is 0 Å². The number of halogens is 2. The van der Waals surface area contributed by atoms with E-state index in [2.05, 4.69) is 31.4 Å². The molecule has 0 bridgehead atoms. The van der Waals surface area contributed by atoms with Crippen LogP contribution in [0.3, 0.4) is 0 Å². The summed E-state index contributed by atoms with van der Waals surface area (Å²) < 4.78 is 13.6. The Bertz CT molecular complexity index is 442. The molecule has 1 heterocycles. The fourth-order valence-corrected chi connectivity index (χ4v) is 1.43. The first-order chi connectivity index (χ1) is 7.25. The molecule has 0 amide bonds. The molecule has 0 aliphatic carbocycles. The number of aromatic amines is 1. The molecule has 0 atom stereocenters. The van der Waals surface area contributed by atoms with Crippen LogP contribution in [0, 0.1) is 5.82 Å². The minimum atomic E-state index is -0.274. The summed E-state index contributed by atoms with van der Waals surface area (Å²) in [7, 11) is 0. The van der Waals surface area contributed by atoms with E-state index in [1.54, 1.807) is 12.3 Å². The molecule has 1 aromatic heterocycles. The Morgan fingerprint density at radius 3 is 2.93 bits per heavy atom. The summed E-state index contributed by atoms with van der Waals surface area (Å²) in [5, 5.41) is 9.72. The van der Waals surface area contributed by atoms with Gasteiger partial charge in [0.1, 0.15) is 5.82 Å². The van der Waals surface area contributed by atoms with Gasteiger partial charge >= 0.3 is 0 Å². The van der Waals surface area contributed by atoms with E-state index in [0.29, 0.717) is 11.0 Å². The van der Waals surface area contributed by atoms with E-state index in [1.807, 2.05) is 12.1 Å². The third-order valence-electron chi connectivity index (χ3n) is 1.96. The van der Waals surface area contributed by atoms with Gasteiger partial charge in [0.05, 0.1) is 16.7 Å². The molecular formula is C10H9BrFN3. The van der Waals surface area contributed by atoms with Gasteiger partial charge in [0.25, 0.3) is 0 Å². The fourth-order valence-electron chi connectivity index (χ4n) is 1.19. The van der Waals surface area contributed by atoms with Crippen molar-refractivity contribution < 1.29 is 4.39 Å². The lowest BCUT2D eigenvalue weighted by atomic mass is 10.3. The van der Waals surface area contributed by atoms with Crippen LogP contribution in [0.4, 0.5) is 10.1 Å². The van der Waals surface area contributed by atoms with E-state index in [0.717, 1.165) is 11.4 Å². The van der Waals surface area contributed by atoms with Gasteiger partial charge in [-0.1, -0.05) is 0 Å². The summed E-state index contributed by atoms with van der Waals surface area (Å²) in [5.74, 6) is -0.274. The molecule has 0 radical (unpaired) electrons. The third-order valence-corrected chi connectivity index (χ3v) is 2.60. The van der Waals surface area contributed by atoms with Crippen LogP contribution in [-0.4, -0.2) is 10.2 Å². The van der Waals surface area contributed by atoms with Gasteiger partial charge in [0.15, 0.2) is 0 Å². The van der Waals surface area contributed by atoms with Crippen molar-refractivity contribution in [2.24, 2.45) is 0 Å². The lowest BCUT2D eigenvalue weighted by Gasteiger charge is -2.05. The predicted molar refractivity (Wildman–Crippen MR) is 60.0 cm³/mol. The molecule has 2 aromatic rings. The van der Waals surface area contributed by atoms with Crippen LogP contribution in [0.2, 0.25) is 0 Å². The molecule has 0 aliphatic heterocycles. The lowest BCUT2D eigenvalue weighted by Crippen LogP contribution is -2.00. The van der Waals surface area contributed by atoms with Gasteiger partial charge in [0, 0.05) is 11.9 Å². The molecule has 78 valence electrons. The van der Waals surface area contributed by atoms with Crippen molar-refractivity contribution in [3.8, 4) is 0 Å². The Labute approximate surface area is 94.8 Å². The molecule has 3 nitrogen and oxygen atoms in total. The topological polar surface area (TPSA) is 40.7 Å². The smallest absolute Gasteiger partial charge is 0.139 e. The van der Waals surface area contributed by atoms with Crippen molar-refractivity contribution in [2.75, 3.05) is 5.32 Å². The van der Waals surface area contributed by atoms with Crippen LogP contribution < -0.4 is 5.32 Å². The molecule has 0 fully saturated rings. The van der Waals surface area contributed by atoms with E-state index in [9.17, 15) is 4.39 Å². The highest BCUT2D eigenvalue weighted by Gasteiger charge is 2.00. The first-order valence-corrected chi connectivity index (χ1v) is 5.22. The van der Waals surface area contributed by atoms with Gasteiger partial charge in [-0.3, -0.25) is 5.10 Å². The summed E-state index contributed by atoms with van der Waals surface area (Å²) in [6.45, 7) is 0.598. The summed E-state index contributed by atoms with van der Waals surface area (Å²) >= 11 is 3.10. The maximum atomic E-state index is 13.1. The van der Waals surface area contributed by atoms with Crippen molar-refractivity contribution in [3.05, 3.63) is 46.4 Å². The maximum Gasteiger partial charge on any atom is 0.139 e. The Balaban J connectivity index is 2.02. The normalized spacial score (nSPS) is 10.3. The Morgan fingerprint density at radius 2 is 2.27 bits per heavy atom. The molecule has 0 saturated carbocycles.